The Kier molecular flexibility index (Phi) is 6.80. The van der Waals surface area contributed by atoms with E-state index in [1.54, 1.807) is 11.3 Å². The van der Waals surface area contributed by atoms with E-state index in [4.69, 9.17) is 4.98 Å². The monoisotopic (exact) mass is 284 g/mol. The first-order valence-electron chi connectivity index (χ1n) is 7.38. The van der Waals surface area contributed by atoms with Crippen LogP contribution in [0.4, 0.5) is 5.13 Å². The number of rotatable bonds is 8. The Hall–Kier alpha value is -0.610. The van der Waals surface area contributed by atoms with Crippen molar-refractivity contribution in [2.24, 2.45) is 0 Å². The van der Waals surface area contributed by atoms with Gasteiger partial charge in [0, 0.05) is 12.6 Å². The average Bonchev–Trinajstić information content (AvgIpc) is 2.78. The number of unbranched alkanes of at least 4 members (excludes halogenated alkanes) is 2. The normalized spacial score (nSPS) is 11.6. The highest BCUT2D eigenvalue weighted by Gasteiger charge is 2.19. The molecular formula is C15H28N2OS. The molecule has 3 nitrogen and oxygen atoms in total. The van der Waals surface area contributed by atoms with Crippen molar-refractivity contribution in [1.82, 2.24) is 4.98 Å². The van der Waals surface area contributed by atoms with Gasteiger partial charge in [-0.15, -0.1) is 0 Å². The van der Waals surface area contributed by atoms with Gasteiger partial charge in [-0.25, -0.2) is 4.98 Å². The minimum atomic E-state index is 0.103. The summed E-state index contributed by atoms with van der Waals surface area (Å²) >= 11 is 1.65. The van der Waals surface area contributed by atoms with E-state index in [0.717, 1.165) is 22.2 Å². The maximum atomic E-state index is 9.47. The highest BCUT2D eigenvalue weighted by atomic mass is 32.1. The summed E-state index contributed by atoms with van der Waals surface area (Å²) in [5, 5.41) is 10.5. The van der Waals surface area contributed by atoms with Crippen LogP contribution in [0.1, 0.15) is 70.4 Å². The lowest BCUT2D eigenvalue weighted by atomic mass is 10.1. The van der Waals surface area contributed by atoms with Crippen LogP contribution in [-0.2, 0) is 6.61 Å². The molecule has 0 unspecified atom stereocenters. The number of anilines is 1. The molecule has 0 atom stereocenters. The van der Waals surface area contributed by atoms with Gasteiger partial charge in [0.25, 0.3) is 0 Å². The Labute approximate surface area is 121 Å². The molecule has 0 bridgehead atoms. The van der Waals surface area contributed by atoms with Gasteiger partial charge in [0.15, 0.2) is 5.13 Å². The van der Waals surface area contributed by atoms with Crippen LogP contribution in [0.3, 0.4) is 0 Å². The van der Waals surface area contributed by atoms with Crippen molar-refractivity contribution in [3.8, 4) is 0 Å². The Balaban J connectivity index is 2.89. The molecule has 4 heteroatoms. The van der Waals surface area contributed by atoms with Crippen LogP contribution in [-0.4, -0.2) is 22.7 Å². The quantitative estimate of drug-likeness (QED) is 0.728. The zero-order valence-electron chi connectivity index (χ0n) is 12.9. The molecule has 1 aromatic rings. The highest BCUT2D eigenvalue weighted by molar-refractivity contribution is 7.15. The molecule has 0 aliphatic rings. The first-order chi connectivity index (χ1) is 9.01. The Morgan fingerprint density at radius 3 is 2.32 bits per heavy atom. The third-order valence-corrected chi connectivity index (χ3v) is 4.37. The summed E-state index contributed by atoms with van der Waals surface area (Å²) in [5.41, 5.74) is 1.06. The Bertz CT molecular complexity index is 374. The van der Waals surface area contributed by atoms with Gasteiger partial charge in [0.2, 0.25) is 0 Å². The van der Waals surface area contributed by atoms with E-state index >= 15 is 0 Å². The third-order valence-electron chi connectivity index (χ3n) is 3.28. The van der Waals surface area contributed by atoms with Gasteiger partial charge in [0.1, 0.15) is 0 Å². The number of aliphatic hydroxyl groups is 1. The second kappa shape index (κ2) is 7.85. The predicted octanol–water partition coefficient (Wildman–Crippen LogP) is 4.16. The zero-order valence-corrected chi connectivity index (χ0v) is 13.8. The number of nitrogens with zero attached hydrogens (tertiary/aromatic N) is 2. The summed E-state index contributed by atoms with van der Waals surface area (Å²) in [6, 6.07) is 0.453. The van der Waals surface area contributed by atoms with Gasteiger partial charge < -0.3 is 10.0 Å². The summed E-state index contributed by atoms with van der Waals surface area (Å²) in [6.07, 6.45) is 3.71. The van der Waals surface area contributed by atoms with Crippen molar-refractivity contribution in [2.45, 2.75) is 72.4 Å². The van der Waals surface area contributed by atoms with E-state index in [9.17, 15) is 5.11 Å². The van der Waals surface area contributed by atoms with Gasteiger partial charge in [-0.3, -0.25) is 0 Å². The molecule has 1 rings (SSSR count). The predicted molar refractivity (Wildman–Crippen MR) is 84.1 cm³/mol. The maximum Gasteiger partial charge on any atom is 0.186 e. The van der Waals surface area contributed by atoms with Crippen LogP contribution in [0.25, 0.3) is 0 Å². The fourth-order valence-corrected chi connectivity index (χ4v) is 3.38. The summed E-state index contributed by atoms with van der Waals surface area (Å²) < 4.78 is 0. The second-order valence-corrected chi connectivity index (χ2v) is 6.67. The molecule has 1 N–H and O–H groups in total. The van der Waals surface area contributed by atoms with Crippen molar-refractivity contribution in [3.05, 3.63) is 10.6 Å². The fourth-order valence-electron chi connectivity index (χ4n) is 2.14. The Morgan fingerprint density at radius 2 is 1.89 bits per heavy atom. The van der Waals surface area contributed by atoms with E-state index in [1.165, 1.54) is 19.3 Å². The molecule has 0 aliphatic heterocycles. The third kappa shape index (κ3) is 4.46. The smallest absolute Gasteiger partial charge is 0.186 e. The van der Waals surface area contributed by atoms with Crippen LogP contribution in [0, 0.1) is 0 Å². The van der Waals surface area contributed by atoms with E-state index in [2.05, 4.69) is 39.5 Å². The fraction of sp³-hybridized carbons (Fsp3) is 0.800. The number of aromatic nitrogens is 1. The van der Waals surface area contributed by atoms with Crippen LogP contribution in [0.2, 0.25) is 0 Å². The standard InChI is InChI=1S/C15H28N2OS/c1-6-7-8-9-17(12(4)5)15-16-14(11(2)3)13(10-18)19-15/h11-12,18H,6-10H2,1-5H3. The molecule has 1 aromatic heterocycles. The SMILES string of the molecule is CCCCCN(c1nc(C(C)C)c(CO)s1)C(C)C. The van der Waals surface area contributed by atoms with Crippen molar-refractivity contribution >= 4 is 16.5 Å². The topological polar surface area (TPSA) is 36.4 Å². The van der Waals surface area contributed by atoms with Crippen LogP contribution in [0.15, 0.2) is 0 Å². The second-order valence-electron chi connectivity index (χ2n) is 5.61. The number of thiazole rings is 1. The molecule has 0 radical (unpaired) electrons. The van der Waals surface area contributed by atoms with Crippen LogP contribution < -0.4 is 4.90 Å². The maximum absolute atomic E-state index is 9.47. The van der Waals surface area contributed by atoms with Crippen molar-refractivity contribution < 1.29 is 5.11 Å². The molecule has 0 aliphatic carbocycles. The molecule has 0 aromatic carbocycles. The van der Waals surface area contributed by atoms with Crippen molar-refractivity contribution in [3.63, 3.8) is 0 Å². The molecule has 0 spiro atoms. The molecule has 0 amide bonds. The lowest BCUT2D eigenvalue weighted by Gasteiger charge is -2.26. The lowest BCUT2D eigenvalue weighted by Crippen LogP contribution is -2.31. The largest absolute Gasteiger partial charge is 0.391 e. The molecule has 19 heavy (non-hydrogen) atoms. The van der Waals surface area contributed by atoms with Crippen molar-refractivity contribution in [1.29, 1.82) is 0 Å². The summed E-state index contributed by atoms with van der Waals surface area (Å²) in [7, 11) is 0. The van der Waals surface area contributed by atoms with E-state index in [0.29, 0.717) is 12.0 Å². The highest BCUT2D eigenvalue weighted by Crippen LogP contribution is 2.31. The van der Waals surface area contributed by atoms with Gasteiger partial charge in [-0.05, 0) is 26.2 Å². The van der Waals surface area contributed by atoms with Crippen molar-refractivity contribution in [2.75, 3.05) is 11.4 Å². The number of hydrogen-bond acceptors (Lipinski definition) is 4. The number of hydrogen-bond donors (Lipinski definition) is 1. The van der Waals surface area contributed by atoms with E-state index < -0.39 is 0 Å². The van der Waals surface area contributed by atoms with E-state index in [1.807, 2.05) is 0 Å². The van der Waals surface area contributed by atoms with Gasteiger partial charge >= 0.3 is 0 Å². The summed E-state index contributed by atoms with van der Waals surface area (Å²) in [4.78, 5) is 8.15. The molecule has 1 heterocycles. The molecule has 0 fully saturated rings. The van der Waals surface area contributed by atoms with Gasteiger partial charge in [-0.2, -0.15) is 0 Å². The van der Waals surface area contributed by atoms with Crippen LogP contribution in [0.5, 0.6) is 0 Å². The average molecular weight is 284 g/mol. The minimum Gasteiger partial charge on any atom is -0.391 e. The minimum absolute atomic E-state index is 0.103. The molecule has 0 saturated heterocycles. The van der Waals surface area contributed by atoms with Gasteiger partial charge in [0.05, 0.1) is 17.2 Å². The van der Waals surface area contributed by atoms with Gasteiger partial charge in [-0.1, -0.05) is 44.9 Å². The molecule has 110 valence electrons. The summed E-state index contributed by atoms with van der Waals surface area (Å²) in [5.74, 6) is 0.372. The first kappa shape index (κ1) is 16.4. The molecular weight excluding hydrogens is 256 g/mol. The van der Waals surface area contributed by atoms with Crippen LogP contribution >= 0.6 is 11.3 Å². The zero-order chi connectivity index (χ0) is 14.4. The molecule has 0 saturated carbocycles. The number of aliphatic hydroxyl groups excluding tert-OH is 1. The van der Waals surface area contributed by atoms with E-state index in [-0.39, 0.29) is 6.61 Å². The lowest BCUT2D eigenvalue weighted by molar-refractivity contribution is 0.283. The Morgan fingerprint density at radius 1 is 1.21 bits per heavy atom. The first-order valence-corrected chi connectivity index (χ1v) is 8.19. The summed E-state index contributed by atoms with van der Waals surface area (Å²) in [6.45, 7) is 12.1.